The number of nitrogens with zero attached hydrogens (tertiary/aromatic N) is 1. The van der Waals surface area contributed by atoms with Crippen molar-refractivity contribution < 1.29 is 17.6 Å². The van der Waals surface area contributed by atoms with Gasteiger partial charge in [0.25, 0.3) is 0 Å². The standard InChI is InChI=1S/C13H20FN3O3S/c1-3-17(4-2)13(18)7-8-16-12-6-5-10(9-11(12)14)21(15,19)20/h5-6,9,16H,3-4,7-8H2,1-2H3,(H2,15,19,20). The van der Waals surface area contributed by atoms with Gasteiger partial charge in [-0.15, -0.1) is 0 Å². The molecule has 0 atom stereocenters. The lowest BCUT2D eigenvalue weighted by Crippen LogP contribution is -2.31. The highest BCUT2D eigenvalue weighted by atomic mass is 32.2. The van der Waals surface area contributed by atoms with E-state index >= 15 is 0 Å². The van der Waals surface area contributed by atoms with Crippen LogP contribution in [0.2, 0.25) is 0 Å². The van der Waals surface area contributed by atoms with E-state index in [2.05, 4.69) is 5.32 Å². The van der Waals surface area contributed by atoms with Crippen LogP contribution >= 0.6 is 0 Å². The highest BCUT2D eigenvalue weighted by Crippen LogP contribution is 2.18. The minimum absolute atomic E-state index is 0.0194. The highest BCUT2D eigenvalue weighted by molar-refractivity contribution is 7.89. The van der Waals surface area contributed by atoms with Gasteiger partial charge in [-0.05, 0) is 32.0 Å². The van der Waals surface area contributed by atoms with Gasteiger partial charge in [0, 0.05) is 26.1 Å². The number of anilines is 1. The lowest BCUT2D eigenvalue weighted by Gasteiger charge is -2.18. The Hall–Kier alpha value is -1.67. The maximum Gasteiger partial charge on any atom is 0.238 e. The fourth-order valence-electron chi connectivity index (χ4n) is 1.85. The lowest BCUT2D eigenvalue weighted by atomic mass is 10.3. The van der Waals surface area contributed by atoms with E-state index in [-0.39, 0.29) is 29.5 Å². The summed E-state index contributed by atoms with van der Waals surface area (Å²) in [5, 5.41) is 7.68. The normalized spacial score (nSPS) is 11.2. The fraction of sp³-hybridized carbons (Fsp3) is 0.462. The zero-order valence-electron chi connectivity index (χ0n) is 12.1. The maximum atomic E-state index is 13.7. The van der Waals surface area contributed by atoms with E-state index in [9.17, 15) is 17.6 Å². The molecule has 0 saturated heterocycles. The molecule has 0 spiro atoms. The molecule has 0 fully saturated rings. The Labute approximate surface area is 124 Å². The third-order valence-corrected chi connectivity index (χ3v) is 3.95. The molecule has 0 saturated carbocycles. The number of nitrogens with two attached hydrogens (primary N) is 1. The second-order valence-corrected chi connectivity index (χ2v) is 5.99. The molecule has 1 aromatic carbocycles. The van der Waals surface area contributed by atoms with Crippen LogP contribution in [0.4, 0.5) is 10.1 Å². The van der Waals surface area contributed by atoms with Crippen molar-refractivity contribution in [1.82, 2.24) is 4.90 Å². The van der Waals surface area contributed by atoms with Gasteiger partial charge in [-0.25, -0.2) is 17.9 Å². The number of rotatable bonds is 7. The monoisotopic (exact) mass is 317 g/mol. The van der Waals surface area contributed by atoms with Gasteiger partial charge >= 0.3 is 0 Å². The zero-order chi connectivity index (χ0) is 16.0. The second-order valence-electron chi connectivity index (χ2n) is 4.43. The number of carbonyl (C=O) groups is 1. The summed E-state index contributed by atoms with van der Waals surface area (Å²) in [7, 11) is -3.92. The van der Waals surface area contributed by atoms with E-state index in [1.165, 1.54) is 12.1 Å². The maximum absolute atomic E-state index is 13.7. The lowest BCUT2D eigenvalue weighted by molar-refractivity contribution is -0.130. The zero-order valence-corrected chi connectivity index (χ0v) is 12.9. The molecular formula is C13H20FN3O3S. The summed E-state index contributed by atoms with van der Waals surface area (Å²) in [6, 6.07) is 3.35. The molecule has 6 nitrogen and oxygen atoms in total. The predicted molar refractivity (Wildman–Crippen MR) is 78.8 cm³/mol. The molecule has 1 amide bonds. The van der Waals surface area contributed by atoms with Crippen molar-refractivity contribution >= 4 is 21.6 Å². The molecule has 0 unspecified atom stereocenters. The molecule has 3 N–H and O–H groups in total. The van der Waals surface area contributed by atoms with Gasteiger partial charge in [0.15, 0.2) is 0 Å². The summed E-state index contributed by atoms with van der Waals surface area (Å²) in [6.07, 6.45) is 0.234. The SMILES string of the molecule is CCN(CC)C(=O)CCNc1ccc(S(N)(=O)=O)cc1F. The van der Waals surface area contributed by atoms with Crippen LogP contribution in [-0.4, -0.2) is 38.9 Å². The third-order valence-electron chi connectivity index (χ3n) is 3.04. The van der Waals surface area contributed by atoms with E-state index in [1.54, 1.807) is 4.90 Å². The van der Waals surface area contributed by atoms with Crippen LogP contribution in [0, 0.1) is 5.82 Å². The van der Waals surface area contributed by atoms with Crippen molar-refractivity contribution in [2.45, 2.75) is 25.2 Å². The van der Waals surface area contributed by atoms with Crippen molar-refractivity contribution in [3.05, 3.63) is 24.0 Å². The topological polar surface area (TPSA) is 92.5 Å². The number of carbonyl (C=O) groups excluding carboxylic acids is 1. The quantitative estimate of drug-likeness (QED) is 0.789. The Morgan fingerprint density at radius 3 is 2.43 bits per heavy atom. The summed E-state index contributed by atoms with van der Waals surface area (Å²) in [4.78, 5) is 13.2. The van der Waals surface area contributed by atoms with E-state index in [0.717, 1.165) is 6.07 Å². The molecule has 0 aliphatic carbocycles. The fourth-order valence-corrected chi connectivity index (χ4v) is 2.38. The summed E-state index contributed by atoms with van der Waals surface area (Å²) in [6.45, 7) is 5.31. The third kappa shape index (κ3) is 4.98. The second kappa shape index (κ2) is 7.37. The summed E-state index contributed by atoms with van der Waals surface area (Å²) in [5.41, 5.74) is 0.134. The van der Waals surface area contributed by atoms with Crippen LogP contribution in [0.25, 0.3) is 0 Å². The molecule has 0 heterocycles. The van der Waals surface area contributed by atoms with Gasteiger partial charge in [-0.2, -0.15) is 0 Å². The Morgan fingerprint density at radius 2 is 1.95 bits per heavy atom. The number of hydrogen-bond donors (Lipinski definition) is 2. The van der Waals surface area contributed by atoms with Crippen molar-refractivity contribution in [2.75, 3.05) is 25.0 Å². The molecule has 1 rings (SSSR count). The molecular weight excluding hydrogens is 297 g/mol. The first-order valence-corrected chi connectivity index (χ1v) is 8.18. The summed E-state index contributed by atoms with van der Waals surface area (Å²) < 4.78 is 35.9. The number of nitrogens with one attached hydrogen (secondary N) is 1. The van der Waals surface area contributed by atoms with Gasteiger partial charge in [0.1, 0.15) is 5.82 Å². The number of halogens is 1. The molecule has 0 aliphatic heterocycles. The van der Waals surface area contributed by atoms with Gasteiger partial charge in [0.2, 0.25) is 15.9 Å². The van der Waals surface area contributed by atoms with Crippen LogP contribution < -0.4 is 10.5 Å². The Morgan fingerprint density at radius 1 is 1.33 bits per heavy atom. The molecule has 8 heteroatoms. The smallest absolute Gasteiger partial charge is 0.238 e. The number of amides is 1. The average Bonchev–Trinajstić information content (AvgIpc) is 2.40. The molecule has 118 valence electrons. The van der Waals surface area contributed by atoms with E-state index < -0.39 is 15.8 Å². The molecule has 21 heavy (non-hydrogen) atoms. The first-order chi connectivity index (χ1) is 9.79. The van der Waals surface area contributed by atoms with Crippen molar-refractivity contribution in [3.8, 4) is 0 Å². The van der Waals surface area contributed by atoms with Crippen LogP contribution in [0.15, 0.2) is 23.1 Å². The minimum atomic E-state index is -3.92. The first kappa shape index (κ1) is 17.4. The summed E-state index contributed by atoms with van der Waals surface area (Å²) in [5.74, 6) is -0.745. The average molecular weight is 317 g/mol. The Balaban J connectivity index is 2.63. The minimum Gasteiger partial charge on any atom is -0.382 e. The molecule has 0 aromatic heterocycles. The predicted octanol–water partition coefficient (Wildman–Crippen LogP) is 1.14. The first-order valence-electron chi connectivity index (χ1n) is 6.63. The van der Waals surface area contributed by atoms with Crippen LogP contribution in [0.5, 0.6) is 0 Å². The van der Waals surface area contributed by atoms with Gasteiger partial charge in [-0.1, -0.05) is 0 Å². The molecule has 0 aliphatic rings. The number of benzene rings is 1. The molecule has 0 radical (unpaired) electrons. The largest absolute Gasteiger partial charge is 0.382 e. The van der Waals surface area contributed by atoms with Crippen LogP contribution in [0.3, 0.4) is 0 Å². The Kier molecular flexibility index (Phi) is 6.10. The number of hydrogen-bond acceptors (Lipinski definition) is 4. The van der Waals surface area contributed by atoms with E-state index in [1.807, 2.05) is 13.8 Å². The molecule has 1 aromatic rings. The van der Waals surface area contributed by atoms with Crippen LogP contribution in [-0.2, 0) is 14.8 Å². The van der Waals surface area contributed by atoms with Gasteiger partial charge < -0.3 is 10.2 Å². The number of primary sulfonamides is 1. The van der Waals surface area contributed by atoms with E-state index in [0.29, 0.717) is 13.1 Å². The Bertz CT molecular complexity index is 601. The number of sulfonamides is 1. The summed E-state index contributed by atoms with van der Waals surface area (Å²) >= 11 is 0. The van der Waals surface area contributed by atoms with Crippen LogP contribution in [0.1, 0.15) is 20.3 Å². The van der Waals surface area contributed by atoms with E-state index in [4.69, 9.17) is 5.14 Å². The highest BCUT2D eigenvalue weighted by Gasteiger charge is 2.12. The van der Waals surface area contributed by atoms with Crippen molar-refractivity contribution in [1.29, 1.82) is 0 Å². The van der Waals surface area contributed by atoms with Gasteiger partial charge in [0.05, 0.1) is 10.6 Å². The van der Waals surface area contributed by atoms with Gasteiger partial charge in [-0.3, -0.25) is 4.79 Å². The molecule has 0 bridgehead atoms. The van der Waals surface area contributed by atoms with Crippen molar-refractivity contribution in [2.24, 2.45) is 5.14 Å². The van der Waals surface area contributed by atoms with Crippen molar-refractivity contribution in [3.63, 3.8) is 0 Å².